The molecule has 4 rings (SSSR count). The number of rotatable bonds is 5. The number of aromatic nitrogens is 3. The minimum atomic E-state index is -0.441. The average Bonchev–Trinajstić information content (AvgIpc) is 3.43. The monoisotopic (exact) mass is 409 g/mol. The van der Waals surface area contributed by atoms with Gasteiger partial charge in [-0.1, -0.05) is 17.7 Å². The largest absolute Gasteiger partial charge is 0.349 e. The Morgan fingerprint density at radius 2 is 1.79 bits per heavy atom. The van der Waals surface area contributed by atoms with Gasteiger partial charge in [0.25, 0.3) is 11.8 Å². The predicted octanol–water partition coefficient (Wildman–Crippen LogP) is 3.68. The second-order valence-electron chi connectivity index (χ2n) is 7.10. The molecule has 0 saturated heterocycles. The fraction of sp³-hybridized carbons (Fsp3) is 0.238. The second-order valence-corrected chi connectivity index (χ2v) is 7.54. The normalized spacial score (nSPS) is 13.2. The van der Waals surface area contributed by atoms with Gasteiger partial charge in [0.2, 0.25) is 5.82 Å². The summed E-state index contributed by atoms with van der Waals surface area (Å²) in [4.78, 5) is 29.3. The standard InChI is InChI=1S/C21H20ClN5O2/c1-12-3-4-14(20(28)24-16-7-8-16)11-18(12)25-21(29)19-23-13(2)27(26-19)17-9-5-15(22)6-10-17/h3-6,9-11,16H,7-8H2,1-2H3,(H,24,28)(H,25,29). The Labute approximate surface area is 173 Å². The molecule has 0 spiro atoms. The van der Waals surface area contributed by atoms with Crippen LogP contribution in [0.2, 0.25) is 5.02 Å². The lowest BCUT2D eigenvalue weighted by Crippen LogP contribution is -2.25. The number of halogens is 1. The highest BCUT2D eigenvalue weighted by Gasteiger charge is 2.24. The van der Waals surface area contributed by atoms with Crippen molar-refractivity contribution in [1.29, 1.82) is 0 Å². The highest BCUT2D eigenvalue weighted by atomic mass is 35.5. The number of nitrogens with zero attached hydrogens (tertiary/aromatic N) is 3. The molecule has 148 valence electrons. The van der Waals surface area contributed by atoms with E-state index >= 15 is 0 Å². The van der Waals surface area contributed by atoms with Gasteiger partial charge in [0, 0.05) is 22.3 Å². The number of aryl methyl sites for hydroxylation is 2. The van der Waals surface area contributed by atoms with E-state index in [1.165, 1.54) is 0 Å². The molecule has 0 radical (unpaired) electrons. The van der Waals surface area contributed by atoms with E-state index in [1.807, 2.05) is 13.0 Å². The first-order chi connectivity index (χ1) is 13.9. The van der Waals surface area contributed by atoms with Gasteiger partial charge in [0.1, 0.15) is 5.82 Å². The summed E-state index contributed by atoms with van der Waals surface area (Å²) < 4.78 is 1.58. The predicted molar refractivity (Wildman–Crippen MR) is 111 cm³/mol. The van der Waals surface area contributed by atoms with E-state index in [2.05, 4.69) is 20.7 Å². The van der Waals surface area contributed by atoms with E-state index in [1.54, 1.807) is 48.0 Å². The number of hydrogen-bond acceptors (Lipinski definition) is 4. The van der Waals surface area contributed by atoms with Crippen molar-refractivity contribution in [2.45, 2.75) is 32.7 Å². The first-order valence-corrected chi connectivity index (χ1v) is 9.71. The van der Waals surface area contributed by atoms with E-state index < -0.39 is 5.91 Å². The number of benzene rings is 2. The molecule has 0 aliphatic heterocycles. The molecule has 1 fully saturated rings. The zero-order valence-corrected chi connectivity index (χ0v) is 16.8. The molecule has 1 aliphatic rings. The Kier molecular flexibility index (Phi) is 5.07. The smallest absolute Gasteiger partial charge is 0.295 e. The van der Waals surface area contributed by atoms with Crippen molar-refractivity contribution in [3.8, 4) is 5.69 Å². The minimum Gasteiger partial charge on any atom is -0.349 e. The van der Waals surface area contributed by atoms with Crippen molar-refractivity contribution in [2.24, 2.45) is 0 Å². The Hall–Kier alpha value is -3.19. The molecule has 2 aromatic carbocycles. The molecule has 0 unspecified atom stereocenters. The van der Waals surface area contributed by atoms with Crippen LogP contribution >= 0.6 is 11.6 Å². The Bertz CT molecular complexity index is 1090. The van der Waals surface area contributed by atoms with Crippen molar-refractivity contribution in [3.05, 3.63) is 70.3 Å². The molecule has 1 aromatic heterocycles. The molecule has 1 aliphatic carbocycles. The van der Waals surface area contributed by atoms with Crippen LogP contribution in [0.5, 0.6) is 0 Å². The summed E-state index contributed by atoms with van der Waals surface area (Å²) in [5, 5.41) is 10.7. The fourth-order valence-electron chi connectivity index (χ4n) is 2.89. The zero-order chi connectivity index (χ0) is 20.5. The summed E-state index contributed by atoms with van der Waals surface area (Å²) in [7, 11) is 0. The van der Waals surface area contributed by atoms with Crippen molar-refractivity contribution >= 4 is 29.1 Å². The molecule has 2 N–H and O–H groups in total. The Morgan fingerprint density at radius 3 is 2.48 bits per heavy atom. The maximum absolute atomic E-state index is 12.7. The minimum absolute atomic E-state index is 0.0460. The van der Waals surface area contributed by atoms with Crippen molar-refractivity contribution in [1.82, 2.24) is 20.1 Å². The molecule has 2 amide bonds. The van der Waals surface area contributed by atoms with Crippen LogP contribution in [0.25, 0.3) is 5.69 Å². The molecule has 8 heteroatoms. The molecule has 1 heterocycles. The van der Waals surface area contributed by atoms with Crippen LogP contribution in [0.1, 0.15) is 45.2 Å². The first kappa shape index (κ1) is 19.1. The number of carbonyl (C=O) groups excluding carboxylic acids is 2. The van der Waals surface area contributed by atoms with Crippen LogP contribution in [0.4, 0.5) is 5.69 Å². The molecule has 0 atom stereocenters. The van der Waals surface area contributed by atoms with Crippen LogP contribution < -0.4 is 10.6 Å². The first-order valence-electron chi connectivity index (χ1n) is 9.33. The van der Waals surface area contributed by atoms with Gasteiger partial charge in [-0.3, -0.25) is 9.59 Å². The summed E-state index contributed by atoms with van der Waals surface area (Å²) in [5.74, 6) is 0.0455. The third-order valence-corrected chi connectivity index (χ3v) is 4.96. The van der Waals surface area contributed by atoms with Gasteiger partial charge < -0.3 is 10.6 Å². The van der Waals surface area contributed by atoms with Gasteiger partial charge in [0.05, 0.1) is 5.69 Å². The van der Waals surface area contributed by atoms with Gasteiger partial charge in [-0.05, 0) is 68.7 Å². The molecule has 1 saturated carbocycles. The number of nitrogens with one attached hydrogen (secondary N) is 2. The van der Waals surface area contributed by atoms with Gasteiger partial charge in [0.15, 0.2) is 0 Å². The van der Waals surface area contributed by atoms with Gasteiger partial charge in [-0.25, -0.2) is 9.67 Å². The lowest BCUT2D eigenvalue weighted by atomic mass is 10.1. The highest BCUT2D eigenvalue weighted by Crippen LogP contribution is 2.22. The molecule has 7 nitrogen and oxygen atoms in total. The molecular weight excluding hydrogens is 390 g/mol. The van der Waals surface area contributed by atoms with Crippen LogP contribution in [0, 0.1) is 13.8 Å². The Morgan fingerprint density at radius 1 is 1.07 bits per heavy atom. The van der Waals surface area contributed by atoms with E-state index in [9.17, 15) is 9.59 Å². The van der Waals surface area contributed by atoms with Crippen molar-refractivity contribution in [2.75, 3.05) is 5.32 Å². The lowest BCUT2D eigenvalue weighted by Gasteiger charge is -2.10. The SMILES string of the molecule is Cc1ccc(C(=O)NC2CC2)cc1NC(=O)c1nc(C)n(-c2ccc(Cl)cc2)n1. The number of hydrogen-bond donors (Lipinski definition) is 2. The average molecular weight is 410 g/mol. The molecule has 3 aromatic rings. The Balaban J connectivity index is 1.54. The summed E-state index contributed by atoms with van der Waals surface area (Å²) in [6.07, 6.45) is 2.03. The second kappa shape index (κ2) is 7.67. The third-order valence-electron chi connectivity index (χ3n) is 4.70. The van der Waals surface area contributed by atoms with Gasteiger partial charge in [-0.2, -0.15) is 0 Å². The van der Waals surface area contributed by atoms with Crippen molar-refractivity contribution < 1.29 is 9.59 Å². The molecular formula is C21H20ClN5O2. The zero-order valence-electron chi connectivity index (χ0n) is 16.1. The molecule has 29 heavy (non-hydrogen) atoms. The van der Waals surface area contributed by atoms with Crippen LogP contribution in [-0.2, 0) is 0 Å². The number of anilines is 1. The summed E-state index contributed by atoms with van der Waals surface area (Å²) >= 11 is 5.93. The third kappa shape index (κ3) is 4.30. The maximum atomic E-state index is 12.7. The van der Waals surface area contributed by atoms with E-state index in [4.69, 9.17) is 11.6 Å². The maximum Gasteiger partial charge on any atom is 0.295 e. The number of carbonyl (C=O) groups is 2. The number of amides is 2. The lowest BCUT2D eigenvalue weighted by molar-refractivity contribution is 0.0949. The molecule has 0 bridgehead atoms. The van der Waals surface area contributed by atoms with E-state index in [0.717, 1.165) is 24.1 Å². The quantitative estimate of drug-likeness (QED) is 0.672. The van der Waals surface area contributed by atoms with Gasteiger partial charge >= 0.3 is 0 Å². The van der Waals surface area contributed by atoms with E-state index in [0.29, 0.717) is 22.1 Å². The van der Waals surface area contributed by atoms with Gasteiger partial charge in [-0.15, -0.1) is 5.10 Å². The summed E-state index contributed by atoms with van der Waals surface area (Å²) in [5.41, 5.74) is 2.66. The van der Waals surface area contributed by atoms with Crippen LogP contribution in [0.3, 0.4) is 0 Å². The highest BCUT2D eigenvalue weighted by molar-refractivity contribution is 6.30. The fourth-order valence-corrected chi connectivity index (χ4v) is 3.01. The van der Waals surface area contributed by atoms with E-state index in [-0.39, 0.29) is 17.8 Å². The van der Waals surface area contributed by atoms with Crippen molar-refractivity contribution in [3.63, 3.8) is 0 Å². The van der Waals surface area contributed by atoms with Crippen LogP contribution in [-0.4, -0.2) is 32.6 Å². The summed E-state index contributed by atoms with van der Waals surface area (Å²) in [6, 6.07) is 12.6. The topological polar surface area (TPSA) is 88.9 Å². The summed E-state index contributed by atoms with van der Waals surface area (Å²) in [6.45, 7) is 3.63. The van der Waals surface area contributed by atoms with Crippen LogP contribution in [0.15, 0.2) is 42.5 Å².